The molecule has 0 amide bonds. The number of aromatic nitrogens is 3. The van der Waals surface area contributed by atoms with Crippen molar-refractivity contribution in [2.24, 2.45) is 0 Å². The second-order valence-electron chi connectivity index (χ2n) is 4.09. The first kappa shape index (κ1) is 8.85. The average molecular weight is 203 g/mol. The van der Waals surface area contributed by atoms with Crippen molar-refractivity contribution in [2.45, 2.75) is 31.9 Å². The number of pyridine rings is 1. The number of rotatable bonds is 2. The fourth-order valence-corrected chi connectivity index (χ4v) is 1.93. The van der Waals surface area contributed by atoms with E-state index < -0.39 is 6.10 Å². The second-order valence-corrected chi connectivity index (χ2v) is 4.09. The minimum atomic E-state index is -0.528. The van der Waals surface area contributed by atoms with E-state index in [9.17, 15) is 5.11 Å². The van der Waals surface area contributed by atoms with Gasteiger partial charge in [0.05, 0.1) is 0 Å². The van der Waals surface area contributed by atoms with Crippen molar-refractivity contribution in [3.63, 3.8) is 0 Å². The number of hydrogen-bond acceptors (Lipinski definition) is 3. The van der Waals surface area contributed by atoms with Gasteiger partial charge in [0.25, 0.3) is 0 Å². The van der Waals surface area contributed by atoms with Crippen LogP contribution in [0.2, 0.25) is 0 Å². The lowest BCUT2D eigenvalue weighted by atomic mass is 10.4. The van der Waals surface area contributed by atoms with Crippen LogP contribution in [0.4, 0.5) is 0 Å². The highest BCUT2D eigenvalue weighted by atomic mass is 16.3. The molecule has 3 rings (SSSR count). The van der Waals surface area contributed by atoms with E-state index in [2.05, 4.69) is 14.5 Å². The van der Waals surface area contributed by atoms with Crippen LogP contribution in [0, 0.1) is 0 Å². The van der Waals surface area contributed by atoms with Crippen LogP contribution in [-0.4, -0.2) is 19.6 Å². The standard InChI is InChI=1S/C11H13N3O/c1-7(15)10-13-9-3-2-6-12-11(9)14(10)8-4-5-8/h2-3,6-8,15H,4-5H2,1H3. The number of aliphatic hydroxyl groups is 1. The number of aliphatic hydroxyl groups excluding tert-OH is 1. The summed E-state index contributed by atoms with van der Waals surface area (Å²) >= 11 is 0. The zero-order chi connectivity index (χ0) is 10.4. The average Bonchev–Trinajstić information content (AvgIpc) is 2.98. The Morgan fingerprint density at radius 1 is 1.53 bits per heavy atom. The lowest BCUT2D eigenvalue weighted by Crippen LogP contribution is -2.05. The van der Waals surface area contributed by atoms with Gasteiger partial charge >= 0.3 is 0 Å². The van der Waals surface area contributed by atoms with Gasteiger partial charge in [-0.2, -0.15) is 0 Å². The number of fused-ring (bicyclic) bond motifs is 1. The van der Waals surface area contributed by atoms with E-state index in [1.807, 2.05) is 12.1 Å². The molecule has 0 radical (unpaired) electrons. The van der Waals surface area contributed by atoms with Gasteiger partial charge in [-0.3, -0.25) is 0 Å². The molecule has 2 aromatic heterocycles. The summed E-state index contributed by atoms with van der Waals surface area (Å²) in [6, 6.07) is 4.31. The van der Waals surface area contributed by atoms with Crippen molar-refractivity contribution < 1.29 is 5.11 Å². The Labute approximate surface area is 87.6 Å². The molecule has 1 saturated carbocycles. The summed E-state index contributed by atoms with van der Waals surface area (Å²) in [5.74, 6) is 0.742. The SMILES string of the molecule is CC(O)c1nc2cccnc2n1C1CC1. The topological polar surface area (TPSA) is 50.9 Å². The minimum Gasteiger partial charge on any atom is -0.385 e. The van der Waals surface area contributed by atoms with E-state index in [1.54, 1.807) is 13.1 Å². The highest BCUT2D eigenvalue weighted by Gasteiger charge is 2.29. The molecule has 1 atom stereocenters. The molecule has 0 aliphatic heterocycles. The third-order valence-electron chi connectivity index (χ3n) is 2.76. The van der Waals surface area contributed by atoms with Crippen molar-refractivity contribution >= 4 is 11.2 Å². The minimum absolute atomic E-state index is 0.495. The Morgan fingerprint density at radius 3 is 3.00 bits per heavy atom. The van der Waals surface area contributed by atoms with Gasteiger partial charge in [-0.05, 0) is 31.9 Å². The molecule has 1 fully saturated rings. The zero-order valence-electron chi connectivity index (χ0n) is 8.59. The summed E-state index contributed by atoms with van der Waals surface area (Å²) in [7, 11) is 0. The van der Waals surface area contributed by atoms with Gasteiger partial charge in [0, 0.05) is 12.2 Å². The Bertz CT molecular complexity index is 500. The Hall–Kier alpha value is -1.42. The lowest BCUT2D eigenvalue weighted by Gasteiger charge is -2.08. The van der Waals surface area contributed by atoms with Crippen LogP contribution < -0.4 is 0 Å². The molecule has 1 aliphatic carbocycles. The number of imidazole rings is 1. The van der Waals surface area contributed by atoms with Gasteiger partial charge in [-0.15, -0.1) is 0 Å². The lowest BCUT2D eigenvalue weighted by molar-refractivity contribution is 0.184. The summed E-state index contributed by atoms with van der Waals surface area (Å²) in [4.78, 5) is 8.76. The van der Waals surface area contributed by atoms with Gasteiger partial charge in [0.15, 0.2) is 5.65 Å². The Balaban J connectivity index is 2.28. The van der Waals surface area contributed by atoms with Crippen LogP contribution in [-0.2, 0) is 0 Å². The fraction of sp³-hybridized carbons (Fsp3) is 0.455. The van der Waals surface area contributed by atoms with E-state index in [4.69, 9.17) is 0 Å². The van der Waals surface area contributed by atoms with E-state index in [1.165, 1.54) is 12.8 Å². The molecule has 0 saturated heterocycles. The van der Waals surface area contributed by atoms with Crippen LogP contribution in [0.3, 0.4) is 0 Å². The smallest absolute Gasteiger partial charge is 0.160 e. The molecule has 2 aromatic rings. The Morgan fingerprint density at radius 2 is 2.33 bits per heavy atom. The first-order valence-electron chi connectivity index (χ1n) is 5.28. The van der Waals surface area contributed by atoms with Crippen molar-refractivity contribution in [2.75, 3.05) is 0 Å². The van der Waals surface area contributed by atoms with Crippen LogP contribution in [0.1, 0.15) is 37.7 Å². The largest absolute Gasteiger partial charge is 0.385 e. The van der Waals surface area contributed by atoms with Gasteiger partial charge in [0.1, 0.15) is 17.4 Å². The van der Waals surface area contributed by atoms with Crippen molar-refractivity contribution in [3.8, 4) is 0 Å². The molecular formula is C11H13N3O. The highest BCUT2D eigenvalue weighted by Crippen LogP contribution is 2.39. The quantitative estimate of drug-likeness (QED) is 0.810. The molecule has 1 aliphatic rings. The molecule has 4 nitrogen and oxygen atoms in total. The summed E-state index contributed by atoms with van der Waals surface area (Å²) in [6.45, 7) is 1.75. The van der Waals surface area contributed by atoms with E-state index in [0.29, 0.717) is 6.04 Å². The fourth-order valence-electron chi connectivity index (χ4n) is 1.93. The first-order valence-corrected chi connectivity index (χ1v) is 5.28. The predicted octanol–water partition coefficient (Wildman–Crippen LogP) is 1.82. The molecule has 1 unspecified atom stereocenters. The van der Waals surface area contributed by atoms with Crippen molar-refractivity contribution in [3.05, 3.63) is 24.2 Å². The third-order valence-corrected chi connectivity index (χ3v) is 2.76. The maximum absolute atomic E-state index is 9.67. The molecule has 78 valence electrons. The zero-order valence-corrected chi connectivity index (χ0v) is 8.59. The third kappa shape index (κ3) is 1.33. The molecule has 0 spiro atoms. The maximum atomic E-state index is 9.67. The molecule has 1 N–H and O–H groups in total. The van der Waals surface area contributed by atoms with E-state index in [0.717, 1.165) is 17.0 Å². The summed E-state index contributed by atoms with van der Waals surface area (Å²) in [6.07, 6.45) is 3.58. The van der Waals surface area contributed by atoms with Crippen LogP contribution >= 0.6 is 0 Å². The monoisotopic (exact) mass is 203 g/mol. The van der Waals surface area contributed by atoms with E-state index >= 15 is 0 Å². The summed E-state index contributed by atoms with van der Waals surface area (Å²) in [5.41, 5.74) is 1.77. The van der Waals surface area contributed by atoms with E-state index in [-0.39, 0.29) is 0 Å². The van der Waals surface area contributed by atoms with Crippen molar-refractivity contribution in [1.82, 2.24) is 14.5 Å². The number of nitrogens with zero attached hydrogens (tertiary/aromatic N) is 3. The van der Waals surface area contributed by atoms with Crippen LogP contribution in [0.15, 0.2) is 18.3 Å². The summed E-state index contributed by atoms with van der Waals surface area (Å²) in [5, 5.41) is 9.67. The molecule has 15 heavy (non-hydrogen) atoms. The van der Waals surface area contributed by atoms with Crippen LogP contribution in [0.25, 0.3) is 11.2 Å². The van der Waals surface area contributed by atoms with Gasteiger partial charge in [-0.25, -0.2) is 9.97 Å². The first-order chi connectivity index (χ1) is 7.27. The molecule has 2 heterocycles. The van der Waals surface area contributed by atoms with Gasteiger partial charge < -0.3 is 9.67 Å². The summed E-state index contributed by atoms with van der Waals surface area (Å²) < 4.78 is 2.08. The molecule has 4 heteroatoms. The normalized spacial score (nSPS) is 18.3. The second kappa shape index (κ2) is 3.03. The van der Waals surface area contributed by atoms with Gasteiger partial charge in [-0.1, -0.05) is 0 Å². The molecular weight excluding hydrogens is 190 g/mol. The molecule has 0 aromatic carbocycles. The van der Waals surface area contributed by atoms with Crippen molar-refractivity contribution in [1.29, 1.82) is 0 Å². The maximum Gasteiger partial charge on any atom is 0.160 e. The number of hydrogen-bond donors (Lipinski definition) is 1. The van der Waals surface area contributed by atoms with Gasteiger partial charge in [0.2, 0.25) is 0 Å². The molecule has 0 bridgehead atoms. The predicted molar refractivity (Wildman–Crippen MR) is 56.4 cm³/mol. The Kier molecular flexibility index (Phi) is 1.79. The highest BCUT2D eigenvalue weighted by molar-refractivity contribution is 5.71. The van der Waals surface area contributed by atoms with Crippen LogP contribution in [0.5, 0.6) is 0 Å².